The topological polar surface area (TPSA) is 91.6 Å². The fraction of sp³-hybridized carbons (Fsp3) is 0.513. The monoisotopic (exact) mass is 686 g/mol. The highest BCUT2D eigenvalue weighted by Crippen LogP contribution is 2.46. The SMILES string of the molecule is CC(C)[Si](C#Cc1c(F)ccc2cccc(-c3ncc4c(N5CCC[C@@](C)(O)C5)nc(OCC5(CO)CC5)nc4c3F)c12)(C(C)C)C(C)C. The van der Waals surface area contributed by atoms with E-state index in [0.717, 1.165) is 24.6 Å². The Morgan fingerprint density at radius 2 is 1.71 bits per heavy atom. The Morgan fingerprint density at radius 1 is 1.00 bits per heavy atom. The van der Waals surface area contributed by atoms with Gasteiger partial charge in [-0.1, -0.05) is 71.7 Å². The van der Waals surface area contributed by atoms with Gasteiger partial charge in [-0.25, -0.2) is 8.78 Å². The van der Waals surface area contributed by atoms with E-state index in [9.17, 15) is 10.2 Å². The van der Waals surface area contributed by atoms with Crippen LogP contribution in [0, 0.1) is 28.5 Å². The maximum absolute atomic E-state index is 17.0. The zero-order valence-corrected chi connectivity index (χ0v) is 30.7. The highest BCUT2D eigenvalue weighted by Gasteiger charge is 2.44. The summed E-state index contributed by atoms with van der Waals surface area (Å²) in [4.78, 5) is 15.8. The Balaban J connectivity index is 1.55. The van der Waals surface area contributed by atoms with Crippen molar-refractivity contribution < 1.29 is 23.7 Å². The van der Waals surface area contributed by atoms with Gasteiger partial charge in [0.1, 0.15) is 30.9 Å². The fourth-order valence-electron chi connectivity index (χ4n) is 7.94. The molecule has 1 aliphatic carbocycles. The molecule has 2 aromatic carbocycles. The van der Waals surface area contributed by atoms with Crippen LogP contribution in [0.5, 0.6) is 6.01 Å². The third-order valence-electron chi connectivity index (χ3n) is 10.9. The summed E-state index contributed by atoms with van der Waals surface area (Å²) >= 11 is 0. The van der Waals surface area contributed by atoms with Crippen LogP contribution < -0.4 is 9.64 Å². The number of aliphatic hydroxyl groups excluding tert-OH is 1. The van der Waals surface area contributed by atoms with Crippen LogP contribution in [0.1, 0.15) is 79.7 Å². The van der Waals surface area contributed by atoms with Gasteiger partial charge in [0.05, 0.1) is 29.8 Å². The van der Waals surface area contributed by atoms with Gasteiger partial charge in [0.2, 0.25) is 0 Å². The van der Waals surface area contributed by atoms with Gasteiger partial charge in [0.25, 0.3) is 0 Å². The number of pyridine rings is 1. The molecule has 4 aromatic rings. The molecule has 0 unspecified atom stereocenters. The zero-order chi connectivity index (χ0) is 35.3. The quantitative estimate of drug-likeness (QED) is 0.136. The molecule has 10 heteroatoms. The van der Waals surface area contributed by atoms with Crippen molar-refractivity contribution in [2.75, 3.05) is 31.2 Å². The molecule has 1 atom stereocenters. The van der Waals surface area contributed by atoms with Crippen LogP contribution in [-0.2, 0) is 0 Å². The number of ether oxygens (including phenoxy) is 1. The summed E-state index contributed by atoms with van der Waals surface area (Å²) in [5, 5.41) is 22.4. The van der Waals surface area contributed by atoms with Crippen molar-refractivity contribution in [3.05, 3.63) is 53.7 Å². The first-order valence-corrected chi connectivity index (χ1v) is 19.8. The maximum atomic E-state index is 17.0. The summed E-state index contributed by atoms with van der Waals surface area (Å²) in [6.07, 6.45) is 4.60. The lowest BCUT2D eigenvalue weighted by Gasteiger charge is -2.38. The van der Waals surface area contributed by atoms with E-state index in [1.165, 1.54) is 6.07 Å². The number of fused-ring (bicyclic) bond motifs is 2. The molecule has 2 aliphatic rings. The molecule has 49 heavy (non-hydrogen) atoms. The van der Waals surface area contributed by atoms with Gasteiger partial charge in [-0.3, -0.25) is 4.98 Å². The number of β-amino-alcohol motifs (C(OH)–C–C–N with tert-alkyl or cyclic N) is 1. The second-order valence-corrected chi connectivity index (χ2v) is 21.0. The van der Waals surface area contributed by atoms with E-state index >= 15 is 8.78 Å². The summed E-state index contributed by atoms with van der Waals surface area (Å²) in [6, 6.07) is 8.56. The zero-order valence-electron chi connectivity index (χ0n) is 29.7. The molecule has 6 rings (SSSR count). The number of hydrogen-bond donors (Lipinski definition) is 2. The standard InChI is InChI=1S/C39H48F2N4O3Si/c1-24(2)49(25(3)4,26(5)6)19-14-28-31(40)13-12-27-10-8-11-29(32(27)28)34-33(41)35-30(20-42-34)36(45-18-9-15-38(7,47)21-45)44-37(43-35)48-23-39(22-46)16-17-39/h8,10-13,20,24-26,46-47H,9,15-18,21-23H2,1-7H3/t38-/m1/s1. The maximum Gasteiger partial charge on any atom is 0.319 e. The molecule has 3 heterocycles. The van der Waals surface area contributed by atoms with E-state index in [0.29, 0.717) is 58.3 Å². The van der Waals surface area contributed by atoms with E-state index in [2.05, 4.69) is 63.0 Å². The lowest BCUT2D eigenvalue weighted by molar-refractivity contribution is 0.0447. The van der Waals surface area contributed by atoms with Crippen molar-refractivity contribution in [1.29, 1.82) is 0 Å². The highest BCUT2D eigenvalue weighted by atomic mass is 28.3. The third kappa shape index (κ3) is 6.53. The second kappa shape index (κ2) is 13.2. The van der Waals surface area contributed by atoms with Gasteiger partial charge < -0.3 is 19.8 Å². The van der Waals surface area contributed by atoms with Crippen molar-refractivity contribution in [2.24, 2.45) is 5.41 Å². The van der Waals surface area contributed by atoms with Crippen LogP contribution in [0.25, 0.3) is 32.9 Å². The number of anilines is 1. The molecule has 0 spiro atoms. The van der Waals surface area contributed by atoms with Crippen LogP contribution in [0.2, 0.25) is 16.6 Å². The van der Waals surface area contributed by atoms with E-state index in [4.69, 9.17) is 9.72 Å². The Labute approximate surface area is 289 Å². The Bertz CT molecular complexity index is 1930. The predicted octanol–water partition coefficient (Wildman–Crippen LogP) is 8.20. The van der Waals surface area contributed by atoms with Crippen molar-refractivity contribution in [3.8, 4) is 28.7 Å². The Kier molecular flexibility index (Phi) is 9.50. The fourth-order valence-corrected chi connectivity index (χ4v) is 13.1. The minimum atomic E-state index is -2.21. The van der Waals surface area contributed by atoms with Crippen LogP contribution in [0.4, 0.5) is 14.6 Å². The number of halogens is 2. The minimum absolute atomic E-state index is 0.00336. The molecule has 0 bridgehead atoms. The van der Waals surface area contributed by atoms with Gasteiger partial charge in [-0.2, -0.15) is 9.97 Å². The molecule has 1 saturated carbocycles. The summed E-state index contributed by atoms with van der Waals surface area (Å²) in [5.74, 6) is 2.61. The number of hydrogen-bond acceptors (Lipinski definition) is 7. The first-order valence-electron chi connectivity index (χ1n) is 17.5. The lowest BCUT2D eigenvalue weighted by atomic mass is 9.95. The summed E-state index contributed by atoms with van der Waals surface area (Å²) in [7, 11) is -2.21. The normalized spacial score (nSPS) is 19.2. The van der Waals surface area contributed by atoms with Gasteiger partial charge in [-0.15, -0.1) is 5.54 Å². The van der Waals surface area contributed by atoms with Crippen molar-refractivity contribution in [1.82, 2.24) is 15.0 Å². The number of rotatable bonds is 9. The molecule has 1 aliphatic heterocycles. The molecule has 2 N–H and O–H groups in total. The van der Waals surface area contributed by atoms with Gasteiger partial charge >= 0.3 is 6.01 Å². The Morgan fingerprint density at radius 3 is 2.35 bits per heavy atom. The van der Waals surface area contributed by atoms with E-state index < -0.39 is 25.3 Å². The summed E-state index contributed by atoms with van der Waals surface area (Å²) in [6.45, 7) is 16.2. The molecular formula is C39H48F2N4O3Si. The molecule has 1 saturated heterocycles. The van der Waals surface area contributed by atoms with Crippen molar-refractivity contribution in [2.45, 2.75) is 96.4 Å². The van der Waals surface area contributed by atoms with E-state index in [1.807, 2.05) is 17.0 Å². The van der Waals surface area contributed by atoms with Crippen LogP contribution >= 0.6 is 0 Å². The predicted molar refractivity (Wildman–Crippen MR) is 194 cm³/mol. The Hall–Kier alpha value is -3.65. The minimum Gasteiger partial charge on any atom is -0.463 e. The molecule has 2 aromatic heterocycles. The van der Waals surface area contributed by atoms with Gasteiger partial charge in [0, 0.05) is 35.7 Å². The van der Waals surface area contributed by atoms with Crippen LogP contribution in [0.3, 0.4) is 0 Å². The summed E-state index contributed by atoms with van der Waals surface area (Å²) < 4.78 is 38.9. The lowest BCUT2D eigenvalue weighted by Crippen LogP contribution is -2.46. The molecule has 7 nitrogen and oxygen atoms in total. The second-order valence-electron chi connectivity index (χ2n) is 15.5. The van der Waals surface area contributed by atoms with Gasteiger partial charge in [0.15, 0.2) is 5.82 Å². The van der Waals surface area contributed by atoms with Gasteiger partial charge in [-0.05, 0) is 60.7 Å². The number of nitrogens with zero attached hydrogens (tertiary/aromatic N) is 4. The molecule has 2 fully saturated rings. The number of benzene rings is 2. The first-order chi connectivity index (χ1) is 23.2. The average molecular weight is 687 g/mol. The molecule has 0 amide bonds. The van der Waals surface area contributed by atoms with E-state index in [1.54, 1.807) is 25.3 Å². The smallest absolute Gasteiger partial charge is 0.319 e. The summed E-state index contributed by atoms with van der Waals surface area (Å²) in [5.41, 5.74) is 4.18. The number of aromatic nitrogens is 3. The first kappa shape index (κ1) is 35.2. The largest absolute Gasteiger partial charge is 0.463 e. The van der Waals surface area contributed by atoms with Crippen LogP contribution in [-0.4, -0.2) is 65.1 Å². The van der Waals surface area contributed by atoms with Crippen molar-refractivity contribution >= 4 is 35.6 Å². The third-order valence-corrected chi connectivity index (χ3v) is 17.2. The highest BCUT2D eigenvalue weighted by molar-refractivity contribution is 6.90. The van der Waals surface area contributed by atoms with Crippen molar-refractivity contribution in [3.63, 3.8) is 0 Å². The number of piperidine rings is 1. The molecule has 260 valence electrons. The van der Waals surface area contributed by atoms with E-state index in [-0.39, 0.29) is 41.4 Å². The molecular weight excluding hydrogens is 639 g/mol. The number of aliphatic hydroxyl groups is 2. The van der Waals surface area contributed by atoms with Crippen LogP contribution in [0.15, 0.2) is 36.5 Å². The molecule has 0 radical (unpaired) electrons. The average Bonchev–Trinajstić information content (AvgIpc) is 3.84.